The van der Waals surface area contributed by atoms with Crippen molar-refractivity contribution in [2.24, 2.45) is 5.10 Å². The molecule has 2 amide bonds. The highest BCUT2D eigenvalue weighted by Crippen LogP contribution is 2.31. The van der Waals surface area contributed by atoms with Crippen LogP contribution in [0.1, 0.15) is 42.9 Å². The summed E-state index contributed by atoms with van der Waals surface area (Å²) in [4.78, 5) is 25.0. The maximum atomic E-state index is 13.2. The normalized spacial score (nSPS) is 11.1. The van der Waals surface area contributed by atoms with Crippen LogP contribution in [-0.4, -0.2) is 27.9 Å². The molecule has 2 rings (SSSR count). The van der Waals surface area contributed by atoms with Crippen LogP contribution in [0.4, 0.5) is 17.1 Å². The molecule has 0 atom stereocenters. The molecule has 0 aromatic heterocycles. The molecule has 2 aromatic carbocycles. The number of carbonyl (C=O) groups is 2. The minimum Gasteiger partial charge on any atom is -0.769 e. The standard InChI is InChI=1S/C22H24N6O6/c1-13(2)15-7-4-6-14(3)21(15)24-22(30)17(25-26-20(29)10-11-23)12-16-18(27(31)32)8-5-9-19(16)28(33)34/h4-9,13,31-32H,10,12H2,1-3H3,(H,24,30)(H,26,29)/q-2/b25-17+. The number of anilines is 3. The number of nitrogens with zero attached hydrogens (tertiary/aromatic N) is 4. The van der Waals surface area contributed by atoms with Gasteiger partial charge in [0.1, 0.15) is 12.1 Å². The Kier molecular flexibility index (Phi) is 9.05. The Balaban J connectivity index is 2.53. The summed E-state index contributed by atoms with van der Waals surface area (Å²) in [5, 5.41) is 56.3. The van der Waals surface area contributed by atoms with Crippen molar-refractivity contribution in [3.05, 3.63) is 63.5 Å². The van der Waals surface area contributed by atoms with Crippen LogP contribution in [0.25, 0.3) is 0 Å². The van der Waals surface area contributed by atoms with Crippen molar-refractivity contribution in [2.45, 2.75) is 39.5 Å². The predicted octanol–water partition coefficient (Wildman–Crippen LogP) is 3.07. The van der Waals surface area contributed by atoms with Crippen LogP contribution < -0.4 is 21.2 Å². The number of nitriles is 1. The van der Waals surface area contributed by atoms with Crippen LogP contribution in [0.3, 0.4) is 0 Å². The second-order valence-corrected chi connectivity index (χ2v) is 7.57. The number of hydrogen-bond donors (Lipinski definition) is 4. The molecule has 0 bridgehead atoms. The molecule has 0 aliphatic carbocycles. The lowest BCUT2D eigenvalue weighted by Crippen LogP contribution is -2.30. The third-order valence-electron chi connectivity index (χ3n) is 4.87. The molecule has 0 heterocycles. The second kappa shape index (κ2) is 11.7. The molecule has 0 fully saturated rings. The Bertz CT molecular complexity index is 1100. The van der Waals surface area contributed by atoms with E-state index >= 15 is 0 Å². The van der Waals surface area contributed by atoms with Gasteiger partial charge < -0.3 is 21.0 Å². The lowest BCUT2D eigenvalue weighted by molar-refractivity contribution is -0.120. The van der Waals surface area contributed by atoms with Crippen molar-refractivity contribution in [1.82, 2.24) is 5.43 Å². The minimum atomic E-state index is -0.791. The molecule has 0 saturated carbocycles. The SMILES string of the molecule is Cc1cccc(C(C)C)c1NC(=O)/C(Cc1c(N([O-])[O-])cccc1N(O)O)=N/NC(=O)CC#N. The van der Waals surface area contributed by atoms with E-state index in [1.165, 1.54) is 12.1 Å². The summed E-state index contributed by atoms with van der Waals surface area (Å²) in [5.74, 6) is -1.51. The van der Waals surface area contributed by atoms with E-state index in [2.05, 4.69) is 15.8 Å². The smallest absolute Gasteiger partial charge is 0.272 e. The van der Waals surface area contributed by atoms with Gasteiger partial charge in [0, 0.05) is 23.4 Å². The maximum Gasteiger partial charge on any atom is 0.272 e. The molecular weight excluding hydrogens is 444 g/mol. The highest BCUT2D eigenvalue weighted by molar-refractivity contribution is 6.43. The first kappa shape index (κ1) is 26.2. The van der Waals surface area contributed by atoms with Crippen LogP contribution in [0, 0.1) is 28.7 Å². The van der Waals surface area contributed by atoms with E-state index in [1.54, 1.807) is 19.1 Å². The number of rotatable bonds is 9. The molecule has 12 nitrogen and oxygen atoms in total. The molecule has 0 radical (unpaired) electrons. The molecule has 34 heavy (non-hydrogen) atoms. The monoisotopic (exact) mass is 468 g/mol. The lowest BCUT2D eigenvalue weighted by Gasteiger charge is -2.39. The Morgan fingerprint density at radius 1 is 1.15 bits per heavy atom. The zero-order valence-corrected chi connectivity index (χ0v) is 18.8. The number of benzene rings is 2. The van der Waals surface area contributed by atoms with E-state index < -0.39 is 35.6 Å². The summed E-state index contributed by atoms with van der Waals surface area (Å²) in [6.45, 7) is 5.68. The molecule has 4 N–H and O–H groups in total. The van der Waals surface area contributed by atoms with Gasteiger partial charge in [-0.3, -0.25) is 20.0 Å². The largest absolute Gasteiger partial charge is 0.769 e. The van der Waals surface area contributed by atoms with E-state index in [0.29, 0.717) is 5.69 Å². The molecular formula is C22H24N6O6-2. The summed E-state index contributed by atoms with van der Waals surface area (Å²) >= 11 is 0. The number of nitrogens with one attached hydrogen (secondary N) is 2. The van der Waals surface area contributed by atoms with Gasteiger partial charge in [-0.25, -0.2) is 5.43 Å². The molecule has 0 spiro atoms. The number of carbonyl (C=O) groups excluding carboxylic acids is 2. The fourth-order valence-corrected chi connectivity index (χ4v) is 3.21. The van der Waals surface area contributed by atoms with Crippen molar-refractivity contribution in [1.29, 1.82) is 5.26 Å². The quantitative estimate of drug-likeness (QED) is 0.317. The number of para-hydroxylation sites is 1. The maximum absolute atomic E-state index is 13.2. The summed E-state index contributed by atoms with van der Waals surface area (Å²) in [6, 6.07) is 10.7. The van der Waals surface area contributed by atoms with Gasteiger partial charge in [0.15, 0.2) is 0 Å². The van der Waals surface area contributed by atoms with Crippen LogP contribution >= 0.6 is 0 Å². The van der Waals surface area contributed by atoms with Gasteiger partial charge in [-0.15, -0.1) is 5.23 Å². The fourth-order valence-electron chi connectivity index (χ4n) is 3.21. The van der Waals surface area contributed by atoms with Crippen LogP contribution in [0.2, 0.25) is 0 Å². The summed E-state index contributed by atoms with van der Waals surface area (Å²) in [6.07, 6.45) is -1.06. The Labute approximate surface area is 195 Å². The average Bonchev–Trinajstić information content (AvgIpc) is 2.77. The topological polar surface area (TPSA) is 187 Å². The van der Waals surface area contributed by atoms with E-state index in [-0.39, 0.29) is 28.1 Å². The van der Waals surface area contributed by atoms with Crippen molar-refractivity contribution in [2.75, 3.05) is 15.8 Å². The van der Waals surface area contributed by atoms with Gasteiger partial charge in [0.2, 0.25) is 0 Å². The molecule has 2 aromatic rings. The summed E-state index contributed by atoms with van der Waals surface area (Å²) in [5.41, 5.74) is 2.77. The predicted molar refractivity (Wildman–Crippen MR) is 125 cm³/mol. The molecule has 0 aliphatic rings. The third-order valence-corrected chi connectivity index (χ3v) is 4.87. The van der Waals surface area contributed by atoms with Gasteiger partial charge in [-0.2, -0.15) is 10.4 Å². The van der Waals surface area contributed by atoms with Crippen molar-refractivity contribution in [3.63, 3.8) is 0 Å². The van der Waals surface area contributed by atoms with Gasteiger partial charge in [-0.1, -0.05) is 38.1 Å². The number of hydrazone groups is 1. The highest BCUT2D eigenvalue weighted by atomic mass is 16.8. The Hall–Kier alpha value is -4.02. The second-order valence-electron chi connectivity index (χ2n) is 7.57. The van der Waals surface area contributed by atoms with Gasteiger partial charge >= 0.3 is 0 Å². The first-order valence-electron chi connectivity index (χ1n) is 10.1. The molecule has 0 aliphatic heterocycles. The highest BCUT2D eigenvalue weighted by Gasteiger charge is 2.21. The van der Waals surface area contributed by atoms with Gasteiger partial charge in [-0.05, 0) is 36.1 Å². The zero-order valence-electron chi connectivity index (χ0n) is 18.8. The lowest BCUT2D eigenvalue weighted by atomic mass is 9.97. The summed E-state index contributed by atoms with van der Waals surface area (Å²) < 4.78 is 0. The average molecular weight is 468 g/mol. The molecule has 0 saturated heterocycles. The van der Waals surface area contributed by atoms with Crippen LogP contribution in [0.15, 0.2) is 41.5 Å². The van der Waals surface area contributed by atoms with Crippen LogP contribution in [-0.2, 0) is 16.0 Å². The fraction of sp³-hybridized carbons (Fsp3) is 0.273. The van der Waals surface area contributed by atoms with Crippen LogP contribution in [0.5, 0.6) is 0 Å². The number of aryl methyl sites for hydroxylation is 1. The Morgan fingerprint density at radius 2 is 1.79 bits per heavy atom. The molecule has 0 unspecified atom stereocenters. The van der Waals surface area contributed by atoms with E-state index in [1.807, 2.05) is 26.0 Å². The molecule has 12 heteroatoms. The zero-order chi connectivity index (χ0) is 25.4. The van der Waals surface area contributed by atoms with Crippen molar-refractivity contribution < 1.29 is 20.0 Å². The van der Waals surface area contributed by atoms with Crippen molar-refractivity contribution in [3.8, 4) is 6.07 Å². The first-order chi connectivity index (χ1) is 16.1. The van der Waals surface area contributed by atoms with E-state index in [9.17, 15) is 30.4 Å². The minimum absolute atomic E-state index is 0.0602. The number of amides is 2. The van der Waals surface area contributed by atoms with E-state index in [0.717, 1.165) is 17.2 Å². The summed E-state index contributed by atoms with van der Waals surface area (Å²) in [7, 11) is 0. The third kappa shape index (κ3) is 6.50. The first-order valence-corrected chi connectivity index (χ1v) is 10.1. The van der Waals surface area contributed by atoms with Gasteiger partial charge in [0.05, 0.1) is 11.8 Å². The number of hydrogen-bond acceptors (Lipinski definition) is 10. The Morgan fingerprint density at radius 3 is 2.38 bits per heavy atom. The van der Waals surface area contributed by atoms with E-state index in [4.69, 9.17) is 5.26 Å². The van der Waals surface area contributed by atoms with Gasteiger partial charge in [0.25, 0.3) is 11.8 Å². The van der Waals surface area contributed by atoms with Crippen molar-refractivity contribution >= 4 is 34.6 Å². The molecule has 180 valence electrons.